The molecule has 0 aromatic carbocycles. The van der Waals surface area contributed by atoms with E-state index in [1.54, 1.807) is 0 Å². The molecular weight excluding hydrogens is 316 g/mol. The Hall–Kier alpha value is -0.780. The Morgan fingerprint density at radius 1 is 1.18 bits per heavy atom. The van der Waals surface area contributed by atoms with Gasteiger partial charge in [0.2, 0.25) is 10.9 Å². The lowest BCUT2D eigenvalue weighted by Crippen LogP contribution is -2.75. The van der Waals surface area contributed by atoms with Crippen LogP contribution in [0.1, 0.15) is 19.8 Å². The number of hydrogen-bond acceptors (Lipinski definition) is 6. The van der Waals surface area contributed by atoms with Gasteiger partial charge in [0.15, 0.2) is 0 Å². The molecule has 10 heteroatoms. The first kappa shape index (κ1) is 21.2. The highest BCUT2D eigenvalue weighted by Gasteiger charge is 2.66. The van der Waals surface area contributed by atoms with Gasteiger partial charge in [-0.2, -0.15) is 8.42 Å². The number of quaternary nitrogens is 1. The third-order valence-corrected chi connectivity index (χ3v) is 5.68. The number of aliphatic hydroxyl groups excluding tert-OH is 2. The number of carboxylic acids is 1. The maximum Gasteiger partial charge on any atom is 0.365 e. The van der Waals surface area contributed by atoms with Crippen LogP contribution in [0.2, 0.25) is 0 Å². The Balaban J connectivity index is 6.58. The molecule has 22 heavy (non-hydrogen) atoms. The first-order chi connectivity index (χ1) is 9.69. The molecule has 0 aliphatic carbocycles. The van der Waals surface area contributed by atoms with E-state index < -0.39 is 45.6 Å². The number of nitrogens with zero attached hydrogens (tertiary/aromatic N) is 1. The molecule has 0 aromatic rings. The molecule has 9 nitrogen and oxygen atoms in total. The Bertz CT molecular complexity index is 494. The molecule has 0 bridgehead atoms. The van der Waals surface area contributed by atoms with Crippen molar-refractivity contribution in [1.29, 1.82) is 0 Å². The maximum absolute atomic E-state index is 12.0. The fraction of sp³-hybridized carbons (Fsp3) is 0.917. The van der Waals surface area contributed by atoms with Gasteiger partial charge < -0.3 is 25.5 Å². The van der Waals surface area contributed by atoms with Crippen LogP contribution in [-0.2, 0) is 14.9 Å². The first-order valence-corrected chi connectivity index (χ1v) is 8.14. The van der Waals surface area contributed by atoms with Crippen LogP contribution in [0.4, 0.5) is 0 Å². The average molecular weight is 343 g/mol. The van der Waals surface area contributed by atoms with Gasteiger partial charge in [-0.05, 0) is 12.8 Å². The zero-order valence-corrected chi connectivity index (χ0v) is 14.2. The summed E-state index contributed by atoms with van der Waals surface area (Å²) < 4.78 is 33.4. The largest absolute Gasteiger partial charge is 0.477 e. The van der Waals surface area contributed by atoms with Gasteiger partial charge in [0, 0.05) is 18.6 Å². The predicted octanol–water partition coefficient (Wildman–Crippen LogP) is -1.54. The summed E-state index contributed by atoms with van der Waals surface area (Å²) in [5, 5.41) is 27.9. The molecule has 0 amide bonds. The minimum atomic E-state index is -5.03. The van der Waals surface area contributed by atoms with Crippen molar-refractivity contribution in [1.82, 2.24) is 0 Å². The minimum Gasteiger partial charge on any atom is -0.477 e. The van der Waals surface area contributed by atoms with E-state index in [1.807, 2.05) is 0 Å². The summed E-state index contributed by atoms with van der Waals surface area (Å²) in [6.07, 6.45) is -0.402. The number of nitrogens with two attached hydrogens (primary N) is 1. The monoisotopic (exact) mass is 343 g/mol. The van der Waals surface area contributed by atoms with Crippen LogP contribution in [0.3, 0.4) is 0 Å². The highest BCUT2D eigenvalue weighted by molar-refractivity contribution is 7.87. The third-order valence-electron chi connectivity index (χ3n) is 4.11. The summed E-state index contributed by atoms with van der Waals surface area (Å²) in [5.74, 6) is -1.50. The number of rotatable bonds is 9. The Kier molecular flexibility index (Phi) is 6.53. The molecule has 2 unspecified atom stereocenters. The van der Waals surface area contributed by atoms with Crippen molar-refractivity contribution in [3.05, 3.63) is 0 Å². The normalized spacial score (nSPS) is 17.8. The standard InChI is InChI=1S/C12H26N2O7S/c1-11(5-7-15,6-8-16)12(13,22(19,20)21)9(10(17)18)14(2,3)4/h9,15-16H,5-8,13H2,1-4H3,(H-,17,18,19,20,21)/p+1. The first-order valence-electron chi connectivity index (χ1n) is 6.70. The molecule has 0 fully saturated rings. The van der Waals surface area contributed by atoms with E-state index in [-0.39, 0.29) is 17.3 Å². The van der Waals surface area contributed by atoms with Crippen LogP contribution >= 0.6 is 0 Å². The van der Waals surface area contributed by atoms with E-state index in [1.165, 1.54) is 28.1 Å². The van der Waals surface area contributed by atoms with Crippen LogP contribution < -0.4 is 5.73 Å². The lowest BCUT2D eigenvalue weighted by Gasteiger charge is -2.49. The van der Waals surface area contributed by atoms with Gasteiger partial charge in [0.05, 0.1) is 21.1 Å². The van der Waals surface area contributed by atoms with E-state index in [2.05, 4.69) is 0 Å². The second-order valence-corrected chi connectivity index (χ2v) is 8.26. The molecular formula is C12H27N2O7S+. The van der Waals surface area contributed by atoms with Crippen LogP contribution in [0, 0.1) is 5.41 Å². The molecule has 0 spiro atoms. The van der Waals surface area contributed by atoms with Crippen molar-refractivity contribution in [3.63, 3.8) is 0 Å². The Labute approximate surface area is 130 Å². The van der Waals surface area contributed by atoms with Crippen LogP contribution in [0.15, 0.2) is 0 Å². The van der Waals surface area contributed by atoms with Gasteiger partial charge >= 0.3 is 5.97 Å². The number of likely N-dealkylation sites (N-methyl/N-ethyl adjacent to an activating group) is 1. The third kappa shape index (κ3) is 3.76. The quantitative estimate of drug-likeness (QED) is 0.249. The van der Waals surface area contributed by atoms with Crippen LogP contribution in [0.5, 0.6) is 0 Å². The molecule has 0 radical (unpaired) electrons. The number of aliphatic carboxylic acids is 1. The van der Waals surface area contributed by atoms with Gasteiger partial charge in [0.1, 0.15) is 0 Å². The number of carboxylic acid groups (broad SMARTS) is 1. The van der Waals surface area contributed by atoms with Crippen molar-refractivity contribution in [2.45, 2.75) is 30.7 Å². The van der Waals surface area contributed by atoms with Gasteiger partial charge in [-0.1, -0.05) is 6.92 Å². The fourth-order valence-corrected chi connectivity index (χ4v) is 4.41. The zero-order valence-electron chi connectivity index (χ0n) is 13.4. The molecule has 0 rings (SSSR count). The van der Waals surface area contributed by atoms with Crippen molar-refractivity contribution in [2.24, 2.45) is 11.1 Å². The summed E-state index contributed by atoms with van der Waals surface area (Å²) in [7, 11) is -0.732. The lowest BCUT2D eigenvalue weighted by molar-refractivity contribution is -0.890. The van der Waals surface area contributed by atoms with E-state index in [0.29, 0.717) is 0 Å². The molecule has 0 aliphatic heterocycles. The molecule has 0 aromatic heterocycles. The van der Waals surface area contributed by atoms with Crippen molar-refractivity contribution < 1.29 is 37.6 Å². The highest BCUT2D eigenvalue weighted by atomic mass is 32.2. The van der Waals surface area contributed by atoms with Crippen LogP contribution in [-0.4, -0.2) is 84.0 Å². The molecule has 6 N–H and O–H groups in total. The maximum atomic E-state index is 12.0. The molecule has 0 saturated heterocycles. The van der Waals surface area contributed by atoms with Crippen molar-refractivity contribution in [3.8, 4) is 0 Å². The SMILES string of the molecule is CC(CCO)(CCO)C(N)(C(C(=O)O)[N+](C)(C)C)S(=O)(=O)O. The average Bonchev–Trinajstić information content (AvgIpc) is 2.24. The van der Waals surface area contributed by atoms with Gasteiger partial charge in [-0.25, -0.2) is 4.79 Å². The van der Waals surface area contributed by atoms with Crippen molar-refractivity contribution >= 4 is 16.1 Å². The van der Waals surface area contributed by atoms with Crippen LogP contribution in [0.25, 0.3) is 0 Å². The summed E-state index contributed by atoms with van der Waals surface area (Å²) in [4.78, 5) is 9.10. The predicted molar refractivity (Wildman–Crippen MR) is 79.4 cm³/mol. The second kappa shape index (κ2) is 6.77. The lowest BCUT2D eigenvalue weighted by atomic mass is 9.72. The summed E-state index contributed by atoms with van der Waals surface area (Å²) in [6, 6.07) is -1.72. The second-order valence-electron chi connectivity index (χ2n) is 6.63. The van der Waals surface area contributed by atoms with Gasteiger partial charge in [-0.15, -0.1) is 0 Å². The van der Waals surface area contributed by atoms with E-state index in [9.17, 15) is 33.1 Å². The van der Waals surface area contributed by atoms with Gasteiger partial charge in [0.25, 0.3) is 10.1 Å². The highest BCUT2D eigenvalue weighted by Crippen LogP contribution is 2.44. The smallest absolute Gasteiger partial charge is 0.365 e. The van der Waals surface area contributed by atoms with Gasteiger partial charge in [-0.3, -0.25) is 4.55 Å². The van der Waals surface area contributed by atoms with Crippen molar-refractivity contribution in [2.75, 3.05) is 34.4 Å². The molecule has 132 valence electrons. The molecule has 2 atom stereocenters. The topological polar surface area (TPSA) is 158 Å². The molecule has 0 heterocycles. The number of aliphatic hydroxyl groups is 2. The molecule has 0 saturated carbocycles. The molecule has 0 aliphatic rings. The zero-order chi connectivity index (χ0) is 18.0. The van der Waals surface area contributed by atoms with E-state index in [0.717, 1.165) is 0 Å². The summed E-state index contributed by atoms with van der Waals surface area (Å²) >= 11 is 0. The number of carbonyl (C=O) groups is 1. The Morgan fingerprint density at radius 3 is 1.73 bits per heavy atom. The Morgan fingerprint density at radius 2 is 1.55 bits per heavy atom. The summed E-state index contributed by atoms with van der Waals surface area (Å²) in [6.45, 7) is 0.377. The van der Waals surface area contributed by atoms with E-state index >= 15 is 0 Å². The summed E-state index contributed by atoms with van der Waals surface area (Å²) in [5.41, 5.74) is 4.44. The number of hydrogen-bond donors (Lipinski definition) is 5. The van der Waals surface area contributed by atoms with E-state index in [4.69, 9.17) is 5.73 Å². The minimum absolute atomic E-state index is 0.201. The fourth-order valence-electron chi connectivity index (χ4n) is 2.88.